The van der Waals surface area contributed by atoms with Crippen molar-refractivity contribution in [2.24, 2.45) is 0 Å². The summed E-state index contributed by atoms with van der Waals surface area (Å²) in [6.45, 7) is 3.05. The van der Waals surface area contributed by atoms with Crippen molar-refractivity contribution in [2.45, 2.75) is 26.4 Å². The third-order valence-corrected chi connectivity index (χ3v) is 3.20. The summed E-state index contributed by atoms with van der Waals surface area (Å²) in [5.41, 5.74) is 0.793. The second kappa shape index (κ2) is 7.38. The highest BCUT2D eigenvalue weighted by atomic mass is 16.6. The third-order valence-electron chi connectivity index (χ3n) is 3.20. The lowest BCUT2D eigenvalue weighted by Gasteiger charge is -2.06. The van der Waals surface area contributed by atoms with E-state index in [1.807, 2.05) is 17.7 Å². The van der Waals surface area contributed by atoms with Crippen LogP contribution >= 0.6 is 0 Å². The monoisotopic (exact) mass is 322 g/mol. The molecule has 2 aromatic heterocycles. The molecule has 0 radical (unpaired) electrons. The van der Waals surface area contributed by atoms with Crippen molar-refractivity contribution in [1.29, 1.82) is 0 Å². The largest absolute Gasteiger partial charge is 0.475 e. The number of nitrogens with zero attached hydrogens (tertiary/aromatic N) is 5. The normalized spacial score (nSPS) is 10.5. The van der Waals surface area contributed by atoms with Crippen molar-refractivity contribution in [3.8, 4) is 5.88 Å². The molecule has 0 atom stereocenters. The molecule has 0 aliphatic carbocycles. The number of aryl methyl sites for hydroxylation is 2. The fourth-order valence-corrected chi connectivity index (χ4v) is 2.04. The summed E-state index contributed by atoms with van der Waals surface area (Å²) in [6.07, 6.45) is 3.63. The van der Waals surface area contributed by atoms with Gasteiger partial charge in [0.1, 0.15) is 12.7 Å². The Bertz CT molecular complexity index is 692. The number of nitrogens with one attached hydrogen (secondary N) is 1. The summed E-state index contributed by atoms with van der Waals surface area (Å²) in [5, 5.41) is 21.5. The molecule has 10 heteroatoms. The molecule has 0 aliphatic rings. The molecule has 0 bridgehead atoms. The van der Waals surface area contributed by atoms with Gasteiger partial charge < -0.3 is 10.1 Å². The van der Waals surface area contributed by atoms with Gasteiger partial charge in [-0.3, -0.25) is 24.3 Å². The van der Waals surface area contributed by atoms with E-state index in [1.54, 1.807) is 6.20 Å². The van der Waals surface area contributed by atoms with E-state index in [9.17, 15) is 14.9 Å². The molecule has 1 N–H and O–H groups in total. The minimum Gasteiger partial charge on any atom is -0.475 e. The van der Waals surface area contributed by atoms with Crippen molar-refractivity contribution < 1.29 is 14.5 Å². The zero-order valence-corrected chi connectivity index (χ0v) is 12.9. The first-order valence-electron chi connectivity index (χ1n) is 7.02. The van der Waals surface area contributed by atoms with Crippen molar-refractivity contribution in [1.82, 2.24) is 24.9 Å². The van der Waals surface area contributed by atoms with Crippen molar-refractivity contribution in [2.75, 3.05) is 13.7 Å². The van der Waals surface area contributed by atoms with Crippen LogP contribution in [0.1, 0.15) is 12.1 Å². The highest BCUT2D eigenvalue weighted by Crippen LogP contribution is 2.23. The molecule has 2 aromatic rings. The van der Waals surface area contributed by atoms with E-state index in [-0.39, 0.29) is 24.0 Å². The smallest absolute Gasteiger partial charge is 0.350 e. The van der Waals surface area contributed by atoms with Gasteiger partial charge in [-0.1, -0.05) is 0 Å². The maximum Gasteiger partial charge on any atom is 0.350 e. The van der Waals surface area contributed by atoms with Gasteiger partial charge in [-0.2, -0.15) is 5.10 Å². The summed E-state index contributed by atoms with van der Waals surface area (Å²) >= 11 is 0. The Balaban J connectivity index is 1.78. The Morgan fingerprint density at radius 2 is 2.30 bits per heavy atom. The molecule has 1 amide bonds. The number of nitro groups is 1. The molecule has 0 saturated heterocycles. The minimum atomic E-state index is -0.605. The molecule has 0 fully saturated rings. The van der Waals surface area contributed by atoms with Crippen LogP contribution < -0.4 is 10.1 Å². The first-order chi connectivity index (χ1) is 11.0. The van der Waals surface area contributed by atoms with E-state index in [0.29, 0.717) is 13.1 Å². The van der Waals surface area contributed by atoms with Gasteiger partial charge in [0.15, 0.2) is 0 Å². The predicted octanol–water partition coefficient (Wildman–Crippen LogP) is 0.511. The minimum absolute atomic E-state index is 0.106. The first kappa shape index (κ1) is 16.5. The van der Waals surface area contributed by atoms with Gasteiger partial charge in [0, 0.05) is 25.0 Å². The molecule has 2 heterocycles. The van der Waals surface area contributed by atoms with E-state index in [2.05, 4.69) is 15.5 Å². The Morgan fingerprint density at radius 3 is 2.87 bits per heavy atom. The van der Waals surface area contributed by atoms with E-state index in [1.165, 1.54) is 18.0 Å². The summed E-state index contributed by atoms with van der Waals surface area (Å²) in [4.78, 5) is 22.0. The van der Waals surface area contributed by atoms with Crippen LogP contribution in [0.3, 0.4) is 0 Å². The fourth-order valence-electron chi connectivity index (χ4n) is 2.04. The van der Waals surface area contributed by atoms with Gasteiger partial charge in [0.05, 0.1) is 12.0 Å². The van der Waals surface area contributed by atoms with E-state index < -0.39 is 4.92 Å². The number of hydrogen-bond acceptors (Lipinski definition) is 6. The van der Waals surface area contributed by atoms with Crippen LogP contribution in [0.4, 0.5) is 5.69 Å². The summed E-state index contributed by atoms with van der Waals surface area (Å²) in [5.74, 6) is -0.390. The van der Waals surface area contributed by atoms with E-state index in [4.69, 9.17) is 4.74 Å². The Labute approximate surface area is 132 Å². The summed E-state index contributed by atoms with van der Waals surface area (Å²) in [7, 11) is 1.29. The summed E-state index contributed by atoms with van der Waals surface area (Å²) < 4.78 is 7.84. The molecule has 0 aliphatic heterocycles. The SMILES string of the molecule is COc1nn(CC(=O)NCCCn2nccc2C)cc1[N+](=O)[O-]. The average Bonchev–Trinajstić information content (AvgIpc) is 3.10. The number of carbonyl (C=O) groups is 1. The predicted molar refractivity (Wildman–Crippen MR) is 80.0 cm³/mol. The molecule has 0 saturated carbocycles. The highest BCUT2D eigenvalue weighted by molar-refractivity contribution is 5.75. The molecule has 0 aromatic carbocycles. The van der Waals surface area contributed by atoms with Crippen LogP contribution in [-0.4, -0.2) is 44.0 Å². The molecule has 23 heavy (non-hydrogen) atoms. The van der Waals surface area contributed by atoms with Gasteiger partial charge in [0.2, 0.25) is 5.91 Å². The number of methoxy groups -OCH3 is 1. The number of ether oxygens (including phenoxy) is 1. The lowest BCUT2D eigenvalue weighted by molar-refractivity contribution is -0.385. The van der Waals surface area contributed by atoms with E-state index in [0.717, 1.165) is 12.1 Å². The Kier molecular flexibility index (Phi) is 5.28. The summed E-state index contributed by atoms with van der Waals surface area (Å²) in [6, 6.07) is 1.91. The van der Waals surface area contributed by atoms with Crippen LogP contribution in [-0.2, 0) is 17.9 Å². The third kappa shape index (κ3) is 4.28. The van der Waals surface area contributed by atoms with Gasteiger partial charge in [-0.15, -0.1) is 5.10 Å². The quantitative estimate of drug-likeness (QED) is 0.430. The molecule has 124 valence electrons. The van der Waals surface area contributed by atoms with Gasteiger partial charge >= 0.3 is 11.6 Å². The van der Waals surface area contributed by atoms with E-state index >= 15 is 0 Å². The molecule has 10 nitrogen and oxygen atoms in total. The van der Waals surface area contributed by atoms with Crippen LogP contribution in [0.25, 0.3) is 0 Å². The van der Waals surface area contributed by atoms with Gasteiger partial charge in [-0.05, 0) is 19.4 Å². The number of hydrogen-bond donors (Lipinski definition) is 1. The second-order valence-corrected chi connectivity index (χ2v) is 4.88. The zero-order valence-electron chi connectivity index (χ0n) is 12.9. The van der Waals surface area contributed by atoms with Crippen molar-refractivity contribution >= 4 is 11.6 Å². The number of carbonyl (C=O) groups excluding carboxylic acids is 1. The molecule has 0 spiro atoms. The van der Waals surface area contributed by atoms with Crippen molar-refractivity contribution in [3.05, 3.63) is 34.3 Å². The Hall–Kier alpha value is -2.91. The van der Waals surface area contributed by atoms with Gasteiger partial charge in [0.25, 0.3) is 0 Å². The van der Waals surface area contributed by atoms with Crippen LogP contribution in [0, 0.1) is 17.0 Å². The zero-order chi connectivity index (χ0) is 16.8. The topological polar surface area (TPSA) is 117 Å². The Morgan fingerprint density at radius 1 is 1.52 bits per heavy atom. The first-order valence-corrected chi connectivity index (χ1v) is 7.02. The molecular formula is C13H18N6O4. The fraction of sp³-hybridized carbons (Fsp3) is 0.462. The molecule has 0 unspecified atom stereocenters. The van der Waals surface area contributed by atoms with Crippen LogP contribution in [0.2, 0.25) is 0 Å². The van der Waals surface area contributed by atoms with Crippen LogP contribution in [0.15, 0.2) is 18.5 Å². The standard InChI is InChI=1S/C13H18N6O4/c1-10-4-6-15-18(10)7-3-5-14-12(20)9-17-8-11(19(21)22)13(16-17)23-2/h4,6,8H,3,5,7,9H2,1-2H3,(H,14,20). The van der Waals surface area contributed by atoms with Gasteiger partial charge in [-0.25, -0.2) is 0 Å². The number of aromatic nitrogens is 4. The lowest BCUT2D eigenvalue weighted by Crippen LogP contribution is -2.29. The number of amides is 1. The number of rotatable bonds is 8. The lowest BCUT2D eigenvalue weighted by atomic mass is 10.4. The molecule has 2 rings (SSSR count). The van der Waals surface area contributed by atoms with Crippen LogP contribution in [0.5, 0.6) is 5.88 Å². The second-order valence-electron chi connectivity index (χ2n) is 4.88. The maximum atomic E-state index is 11.8. The average molecular weight is 322 g/mol. The molecular weight excluding hydrogens is 304 g/mol. The highest BCUT2D eigenvalue weighted by Gasteiger charge is 2.20. The van der Waals surface area contributed by atoms with Crippen molar-refractivity contribution in [3.63, 3.8) is 0 Å². The maximum absolute atomic E-state index is 11.8.